The van der Waals surface area contributed by atoms with Gasteiger partial charge in [0.1, 0.15) is 5.82 Å². The van der Waals surface area contributed by atoms with Crippen molar-refractivity contribution in [2.75, 3.05) is 11.9 Å². The molecule has 22 heavy (non-hydrogen) atoms. The maximum atomic E-state index is 13.7. The van der Waals surface area contributed by atoms with Gasteiger partial charge in [0.15, 0.2) is 0 Å². The van der Waals surface area contributed by atoms with Crippen molar-refractivity contribution in [3.8, 4) is 0 Å². The van der Waals surface area contributed by atoms with E-state index in [1.54, 1.807) is 25.1 Å². The predicted octanol–water partition coefficient (Wildman–Crippen LogP) is 4.08. The van der Waals surface area contributed by atoms with Crippen LogP contribution in [0.15, 0.2) is 42.5 Å². The van der Waals surface area contributed by atoms with Crippen LogP contribution in [0.1, 0.15) is 24.1 Å². The minimum absolute atomic E-state index is 0.0349. The lowest BCUT2D eigenvalue weighted by Crippen LogP contribution is -2.30. The van der Waals surface area contributed by atoms with Crippen molar-refractivity contribution in [1.29, 1.82) is 0 Å². The van der Waals surface area contributed by atoms with E-state index in [2.05, 4.69) is 10.6 Å². The van der Waals surface area contributed by atoms with E-state index in [0.717, 1.165) is 11.1 Å². The van der Waals surface area contributed by atoms with Crippen LogP contribution in [0.2, 0.25) is 5.02 Å². The quantitative estimate of drug-likeness (QED) is 0.871. The molecule has 3 nitrogen and oxygen atoms in total. The van der Waals surface area contributed by atoms with Gasteiger partial charge in [0, 0.05) is 11.1 Å². The number of hydrogen-bond acceptors (Lipinski definition) is 2. The molecule has 0 unspecified atom stereocenters. The molecule has 1 amide bonds. The van der Waals surface area contributed by atoms with Crippen molar-refractivity contribution in [1.82, 2.24) is 5.32 Å². The Morgan fingerprint density at radius 1 is 1.27 bits per heavy atom. The number of benzene rings is 2. The highest BCUT2D eigenvalue weighted by Gasteiger charge is 2.10. The number of amides is 1. The van der Waals surface area contributed by atoms with Gasteiger partial charge in [-0.05, 0) is 49.2 Å². The molecule has 0 fully saturated rings. The number of aryl methyl sites for hydroxylation is 1. The molecule has 0 heterocycles. The van der Waals surface area contributed by atoms with Gasteiger partial charge in [0.05, 0.1) is 12.2 Å². The predicted molar refractivity (Wildman–Crippen MR) is 87.6 cm³/mol. The van der Waals surface area contributed by atoms with Crippen LogP contribution < -0.4 is 10.6 Å². The smallest absolute Gasteiger partial charge is 0.238 e. The molecule has 0 spiro atoms. The number of carbonyl (C=O) groups is 1. The minimum Gasteiger partial charge on any atom is -0.322 e. The molecule has 0 bridgehead atoms. The molecule has 0 radical (unpaired) electrons. The van der Waals surface area contributed by atoms with E-state index in [4.69, 9.17) is 11.6 Å². The first kappa shape index (κ1) is 16.5. The highest BCUT2D eigenvalue weighted by molar-refractivity contribution is 6.30. The summed E-state index contributed by atoms with van der Waals surface area (Å²) in [4.78, 5) is 11.9. The Bertz CT molecular complexity index is 675. The van der Waals surface area contributed by atoms with Crippen molar-refractivity contribution in [2.24, 2.45) is 0 Å². The highest BCUT2D eigenvalue weighted by Crippen LogP contribution is 2.17. The van der Waals surface area contributed by atoms with Gasteiger partial charge < -0.3 is 10.6 Å². The lowest BCUT2D eigenvalue weighted by molar-refractivity contribution is -0.115. The fourth-order valence-corrected chi connectivity index (χ4v) is 2.25. The van der Waals surface area contributed by atoms with Crippen LogP contribution in [-0.2, 0) is 4.79 Å². The summed E-state index contributed by atoms with van der Waals surface area (Å²) >= 11 is 5.94. The number of hydrogen-bond donors (Lipinski definition) is 2. The van der Waals surface area contributed by atoms with Crippen molar-refractivity contribution in [3.05, 3.63) is 64.4 Å². The van der Waals surface area contributed by atoms with Crippen LogP contribution in [0.25, 0.3) is 0 Å². The Balaban J connectivity index is 1.90. The van der Waals surface area contributed by atoms with E-state index in [-0.39, 0.29) is 24.2 Å². The number of carbonyl (C=O) groups excluding carboxylic acids is 1. The Labute approximate surface area is 134 Å². The first-order valence-electron chi connectivity index (χ1n) is 7.00. The Hall–Kier alpha value is -1.91. The van der Waals surface area contributed by atoms with Crippen LogP contribution in [-0.4, -0.2) is 12.5 Å². The van der Waals surface area contributed by atoms with Gasteiger partial charge in [-0.1, -0.05) is 29.8 Å². The van der Waals surface area contributed by atoms with Crippen molar-refractivity contribution < 1.29 is 9.18 Å². The van der Waals surface area contributed by atoms with E-state index in [1.165, 1.54) is 6.07 Å². The number of rotatable bonds is 5. The molecule has 116 valence electrons. The van der Waals surface area contributed by atoms with Crippen molar-refractivity contribution in [3.63, 3.8) is 0 Å². The summed E-state index contributed by atoms with van der Waals surface area (Å²) in [7, 11) is 0. The van der Waals surface area contributed by atoms with E-state index in [1.807, 2.05) is 25.1 Å². The first-order chi connectivity index (χ1) is 10.5. The Morgan fingerprint density at radius 3 is 2.73 bits per heavy atom. The molecule has 2 rings (SSSR count). The molecule has 2 aromatic carbocycles. The maximum absolute atomic E-state index is 13.7. The second-order valence-electron chi connectivity index (χ2n) is 5.19. The number of halogens is 2. The fourth-order valence-electron chi connectivity index (χ4n) is 2.06. The normalized spacial score (nSPS) is 12.0. The van der Waals surface area contributed by atoms with Crippen LogP contribution >= 0.6 is 11.6 Å². The Kier molecular flexibility index (Phi) is 5.52. The highest BCUT2D eigenvalue weighted by atomic mass is 35.5. The first-order valence-corrected chi connectivity index (χ1v) is 7.38. The molecule has 0 aliphatic carbocycles. The average molecular weight is 321 g/mol. The number of anilines is 1. The third-order valence-corrected chi connectivity index (χ3v) is 3.55. The second kappa shape index (κ2) is 7.38. The zero-order valence-electron chi connectivity index (χ0n) is 12.5. The van der Waals surface area contributed by atoms with E-state index in [0.29, 0.717) is 5.02 Å². The standard InChI is InChI=1S/C17H18ClFN2O/c1-11-6-7-16(15(19)8-11)21-17(22)10-20-12(2)13-4-3-5-14(18)9-13/h3-9,12,20H,10H2,1-2H3,(H,21,22)/t12-/m1/s1. The zero-order chi connectivity index (χ0) is 16.1. The van der Waals surface area contributed by atoms with Crippen LogP contribution in [0, 0.1) is 12.7 Å². The summed E-state index contributed by atoms with van der Waals surface area (Å²) in [6, 6.07) is 12.1. The average Bonchev–Trinajstić information content (AvgIpc) is 2.47. The third-order valence-electron chi connectivity index (χ3n) is 3.32. The van der Waals surface area contributed by atoms with Crippen molar-refractivity contribution >= 4 is 23.2 Å². The summed E-state index contributed by atoms with van der Waals surface area (Å²) in [5, 5.41) is 6.29. The molecular formula is C17H18ClFN2O. The molecule has 0 aliphatic heterocycles. The van der Waals surface area contributed by atoms with Crippen molar-refractivity contribution in [2.45, 2.75) is 19.9 Å². The van der Waals surface area contributed by atoms with Gasteiger partial charge in [-0.2, -0.15) is 0 Å². The monoisotopic (exact) mass is 320 g/mol. The molecule has 0 aromatic heterocycles. The molecule has 2 aromatic rings. The van der Waals surface area contributed by atoms with Gasteiger partial charge in [-0.25, -0.2) is 4.39 Å². The van der Waals surface area contributed by atoms with Gasteiger partial charge >= 0.3 is 0 Å². The topological polar surface area (TPSA) is 41.1 Å². The minimum atomic E-state index is -0.434. The third kappa shape index (κ3) is 4.55. The maximum Gasteiger partial charge on any atom is 0.238 e. The Morgan fingerprint density at radius 2 is 2.05 bits per heavy atom. The van der Waals surface area contributed by atoms with Crippen LogP contribution in [0.4, 0.5) is 10.1 Å². The van der Waals surface area contributed by atoms with Crippen LogP contribution in [0.5, 0.6) is 0 Å². The molecule has 5 heteroatoms. The SMILES string of the molecule is Cc1ccc(NC(=O)CN[C@H](C)c2cccc(Cl)c2)c(F)c1. The van der Waals surface area contributed by atoms with Gasteiger partial charge in [0.25, 0.3) is 0 Å². The van der Waals surface area contributed by atoms with Gasteiger partial charge in [-0.3, -0.25) is 4.79 Å². The largest absolute Gasteiger partial charge is 0.322 e. The summed E-state index contributed by atoms with van der Waals surface area (Å²) in [6.07, 6.45) is 0. The fraction of sp³-hybridized carbons (Fsp3) is 0.235. The summed E-state index contributed by atoms with van der Waals surface area (Å²) < 4.78 is 13.7. The summed E-state index contributed by atoms with van der Waals surface area (Å²) in [5.74, 6) is -0.729. The summed E-state index contributed by atoms with van der Waals surface area (Å²) in [5.41, 5.74) is 1.98. The van der Waals surface area contributed by atoms with Crippen LogP contribution in [0.3, 0.4) is 0 Å². The zero-order valence-corrected chi connectivity index (χ0v) is 13.2. The molecular weight excluding hydrogens is 303 g/mol. The molecule has 0 aliphatic rings. The lowest BCUT2D eigenvalue weighted by Gasteiger charge is -2.14. The lowest BCUT2D eigenvalue weighted by atomic mass is 10.1. The van der Waals surface area contributed by atoms with E-state index >= 15 is 0 Å². The van der Waals surface area contributed by atoms with Gasteiger partial charge in [0.2, 0.25) is 5.91 Å². The molecule has 2 N–H and O–H groups in total. The second-order valence-corrected chi connectivity index (χ2v) is 5.63. The summed E-state index contributed by atoms with van der Waals surface area (Å²) in [6.45, 7) is 3.81. The van der Waals surface area contributed by atoms with E-state index < -0.39 is 5.82 Å². The number of nitrogens with one attached hydrogen (secondary N) is 2. The molecule has 0 saturated heterocycles. The van der Waals surface area contributed by atoms with E-state index in [9.17, 15) is 9.18 Å². The van der Waals surface area contributed by atoms with Gasteiger partial charge in [-0.15, -0.1) is 0 Å². The molecule has 0 saturated carbocycles. The molecule has 1 atom stereocenters.